The minimum atomic E-state index is 0. The first-order valence-corrected chi connectivity index (χ1v) is 9.65. The number of hydrogen-bond acceptors (Lipinski definition) is 4. The van der Waals surface area contributed by atoms with E-state index in [-0.39, 0.29) is 24.0 Å². The summed E-state index contributed by atoms with van der Waals surface area (Å²) in [5.41, 5.74) is 3.54. The number of rotatable bonds is 7. The number of aliphatic imine (C=N–C) groups is 1. The minimum Gasteiger partial charge on any atom is -0.495 e. The average molecular weight is 510 g/mol. The molecular weight excluding hydrogens is 479 g/mol. The lowest BCUT2D eigenvalue weighted by Crippen LogP contribution is -2.44. The molecule has 1 aliphatic heterocycles. The smallest absolute Gasteiger partial charge is 0.191 e. The van der Waals surface area contributed by atoms with Gasteiger partial charge in [-0.05, 0) is 29.7 Å². The van der Waals surface area contributed by atoms with E-state index in [1.807, 2.05) is 19.2 Å². The van der Waals surface area contributed by atoms with Gasteiger partial charge in [-0.2, -0.15) is 0 Å². The molecule has 2 aromatic rings. The van der Waals surface area contributed by atoms with E-state index < -0.39 is 0 Å². The van der Waals surface area contributed by atoms with Gasteiger partial charge in [-0.3, -0.25) is 4.99 Å². The number of para-hydroxylation sites is 2. The van der Waals surface area contributed by atoms with Gasteiger partial charge in [0.1, 0.15) is 5.75 Å². The second-order valence-electron chi connectivity index (χ2n) is 6.92. The number of methoxy groups -OCH3 is 2. The van der Waals surface area contributed by atoms with Crippen molar-refractivity contribution < 1.29 is 9.47 Å². The van der Waals surface area contributed by atoms with Crippen LogP contribution in [0.25, 0.3) is 0 Å². The summed E-state index contributed by atoms with van der Waals surface area (Å²) in [7, 11) is 5.24. The Morgan fingerprint density at radius 2 is 1.83 bits per heavy atom. The first kappa shape index (κ1) is 23.3. The Morgan fingerprint density at radius 3 is 2.52 bits per heavy atom. The van der Waals surface area contributed by atoms with Crippen molar-refractivity contribution in [1.29, 1.82) is 0 Å². The lowest BCUT2D eigenvalue weighted by molar-refractivity contribution is 0.185. The van der Waals surface area contributed by atoms with Gasteiger partial charge in [-0.1, -0.05) is 36.4 Å². The molecule has 1 unspecified atom stereocenters. The van der Waals surface area contributed by atoms with Crippen LogP contribution >= 0.6 is 24.0 Å². The quantitative estimate of drug-likeness (QED) is 0.340. The fourth-order valence-electron chi connectivity index (χ4n) is 3.48. The van der Waals surface area contributed by atoms with Gasteiger partial charge in [0.25, 0.3) is 0 Å². The molecule has 3 rings (SSSR count). The highest BCUT2D eigenvalue weighted by atomic mass is 127. The second-order valence-corrected chi connectivity index (χ2v) is 6.92. The molecule has 0 aliphatic carbocycles. The Morgan fingerprint density at radius 1 is 1.10 bits per heavy atom. The molecular formula is C22H31IN4O2. The zero-order valence-corrected chi connectivity index (χ0v) is 19.7. The number of halogens is 1. The molecule has 2 N–H and O–H groups in total. The van der Waals surface area contributed by atoms with Gasteiger partial charge in [0, 0.05) is 39.8 Å². The van der Waals surface area contributed by atoms with Gasteiger partial charge < -0.3 is 25.0 Å². The molecule has 1 heterocycles. The van der Waals surface area contributed by atoms with E-state index in [9.17, 15) is 0 Å². The van der Waals surface area contributed by atoms with Gasteiger partial charge in [-0.15, -0.1) is 24.0 Å². The SMILES string of the molecule is CN=C(NCc1ccc(COC)cc1)NC1CCN(c2ccccc2OC)C1.I. The van der Waals surface area contributed by atoms with E-state index in [0.29, 0.717) is 12.6 Å². The third-order valence-electron chi connectivity index (χ3n) is 4.97. The Bertz CT molecular complexity index is 783. The summed E-state index contributed by atoms with van der Waals surface area (Å²) in [6.45, 7) is 3.29. The molecule has 0 saturated carbocycles. The van der Waals surface area contributed by atoms with E-state index in [0.717, 1.165) is 43.5 Å². The summed E-state index contributed by atoms with van der Waals surface area (Å²) in [4.78, 5) is 6.74. The lowest BCUT2D eigenvalue weighted by atomic mass is 10.1. The Balaban J connectivity index is 0.00000300. The number of nitrogens with one attached hydrogen (secondary N) is 2. The average Bonchev–Trinajstić information content (AvgIpc) is 3.20. The number of hydrogen-bond donors (Lipinski definition) is 2. The van der Waals surface area contributed by atoms with Gasteiger partial charge >= 0.3 is 0 Å². The Labute approximate surface area is 190 Å². The molecule has 0 amide bonds. The van der Waals surface area contributed by atoms with Crippen LogP contribution in [0.3, 0.4) is 0 Å². The van der Waals surface area contributed by atoms with Crippen LogP contribution in [0.15, 0.2) is 53.5 Å². The zero-order valence-electron chi connectivity index (χ0n) is 17.4. The molecule has 1 aliphatic rings. The third-order valence-corrected chi connectivity index (χ3v) is 4.97. The van der Waals surface area contributed by atoms with Crippen molar-refractivity contribution in [3.8, 4) is 5.75 Å². The minimum absolute atomic E-state index is 0. The molecule has 2 aromatic carbocycles. The van der Waals surface area contributed by atoms with Gasteiger partial charge in [0.15, 0.2) is 5.96 Å². The van der Waals surface area contributed by atoms with Crippen LogP contribution in [-0.2, 0) is 17.9 Å². The number of ether oxygens (including phenoxy) is 2. The van der Waals surface area contributed by atoms with E-state index >= 15 is 0 Å². The van der Waals surface area contributed by atoms with E-state index in [4.69, 9.17) is 9.47 Å². The van der Waals surface area contributed by atoms with Crippen LogP contribution < -0.4 is 20.3 Å². The maximum absolute atomic E-state index is 5.50. The fourth-order valence-corrected chi connectivity index (χ4v) is 3.48. The normalized spacial score (nSPS) is 16.3. The summed E-state index contributed by atoms with van der Waals surface area (Å²) < 4.78 is 10.7. The van der Waals surface area contributed by atoms with Gasteiger partial charge in [0.2, 0.25) is 0 Å². The van der Waals surface area contributed by atoms with E-state index in [1.165, 1.54) is 11.1 Å². The first-order valence-electron chi connectivity index (χ1n) is 9.65. The standard InChI is InChI=1S/C22H30N4O2.HI/c1-23-22(24-14-17-8-10-18(11-9-17)16-27-2)25-19-12-13-26(15-19)20-6-4-5-7-21(20)28-3;/h4-11,19H,12-16H2,1-3H3,(H2,23,24,25);1H. The molecule has 29 heavy (non-hydrogen) atoms. The van der Waals surface area contributed by atoms with Crippen molar-refractivity contribution in [1.82, 2.24) is 10.6 Å². The summed E-state index contributed by atoms with van der Waals surface area (Å²) in [5, 5.41) is 6.95. The molecule has 1 fully saturated rings. The van der Waals surface area contributed by atoms with Gasteiger partial charge in [0.05, 0.1) is 19.4 Å². The molecule has 6 nitrogen and oxygen atoms in total. The number of benzene rings is 2. The molecule has 1 saturated heterocycles. The summed E-state index contributed by atoms with van der Waals surface area (Å²) in [6, 6.07) is 17.0. The molecule has 158 valence electrons. The molecule has 0 bridgehead atoms. The van der Waals surface area contributed by atoms with Gasteiger partial charge in [-0.25, -0.2) is 0 Å². The summed E-state index contributed by atoms with van der Waals surface area (Å²) in [6.07, 6.45) is 1.06. The van der Waals surface area contributed by atoms with Crippen LogP contribution in [0.2, 0.25) is 0 Å². The van der Waals surface area contributed by atoms with Crippen LogP contribution in [0.1, 0.15) is 17.5 Å². The third kappa shape index (κ3) is 6.50. The van der Waals surface area contributed by atoms with Crippen molar-refractivity contribution in [2.75, 3.05) is 39.3 Å². The molecule has 7 heteroatoms. The largest absolute Gasteiger partial charge is 0.495 e. The van der Waals surface area contributed by atoms with Crippen molar-refractivity contribution >= 4 is 35.6 Å². The Kier molecular flexibility index (Phi) is 9.53. The summed E-state index contributed by atoms with van der Waals surface area (Å²) >= 11 is 0. The van der Waals surface area contributed by atoms with Crippen LogP contribution in [0.5, 0.6) is 5.75 Å². The number of anilines is 1. The molecule has 0 spiro atoms. The zero-order chi connectivity index (χ0) is 19.8. The van der Waals surface area contributed by atoms with Crippen LogP contribution in [0.4, 0.5) is 5.69 Å². The predicted molar refractivity (Wildman–Crippen MR) is 130 cm³/mol. The highest BCUT2D eigenvalue weighted by Gasteiger charge is 2.25. The van der Waals surface area contributed by atoms with Crippen LogP contribution in [-0.4, -0.2) is 46.4 Å². The highest BCUT2D eigenvalue weighted by Crippen LogP contribution is 2.30. The highest BCUT2D eigenvalue weighted by molar-refractivity contribution is 14.0. The Hall–Kier alpha value is -2.00. The lowest BCUT2D eigenvalue weighted by Gasteiger charge is -2.22. The second kappa shape index (κ2) is 11.9. The maximum Gasteiger partial charge on any atom is 0.191 e. The molecule has 0 aromatic heterocycles. The maximum atomic E-state index is 5.50. The van der Waals surface area contributed by atoms with Crippen molar-refractivity contribution in [3.63, 3.8) is 0 Å². The topological polar surface area (TPSA) is 58.1 Å². The number of guanidine groups is 1. The van der Waals surface area contributed by atoms with E-state index in [1.54, 1.807) is 14.2 Å². The fraction of sp³-hybridized carbons (Fsp3) is 0.409. The predicted octanol–water partition coefficient (Wildman–Crippen LogP) is 3.40. The molecule has 1 atom stereocenters. The summed E-state index contributed by atoms with van der Waals surface area (Å²) in [5.74, 6) is 1.75. The van der Waals surface area contributed by atoms with E-state index in [2.05, 4.69) is 56.9 Å². The monoisotopic (exact) mass is 510 g/mol. The van der Waals surface area contributed by atoms with Crippen LogP contribution in [0, 0.1) is 0 Å². The first-order chi connectivity index (χ1) is 13.7. The van der Waals surface area contributed by atoms with Crippen molar-refractivity contribution in [2.24, 2.45) is 4.99 Å². The number of nitrogens with zero attached hydrogens (tertiary/aromatic N) is 2. The van der Waals surface area contributed by atoms with Crippen molar-refractivity contribution in [3.05, 3.63) is 59.7 Å². The van der Waals surface area contributed by atoms with Crippen molar-refractivity contribution in [2.45, 2.75) is 25.6 Å². The molecule has 0 radical (unpaired) electrons.